The summed E-state index contributed by atoms with van der Waals surface area (Å²) in [6, 6.07) is 2.54. The topological polar surface area (TPSA) is 26.0 Å². The van der Waals surface area contributed by atoms with Crippen LogP contribution in [0.25, 0.3) is 0 Å². The molecule has 1 nitrogen and oxygen atoms in total. The maximum atomic E-state index is 13.5. The molecule has 1 aromatic carbocycles. The molecule has 0 fully saturated rings. The van der Waals surface area contributed by atoms with Crippen LogP contribution in [0.4, 0.5) is 8.78 Å². The van der Waals surface area contributed by atoms with Gasteiger partial charge in [-0.3, -0.25) is 0 Å². The molecule has 0 heterocycles. The van der Waals surface area contributed by atoms with Gasteiger partial charge in [0.2, 0.25) is 0 Å². The summed E-state index contributed by atoms with van der Waals surface area (Å²) in [7, 11) is 0. The fourth-order valence-corrected chi connectivity index (χ4v) is 1.68. The van der Waals surface area contributed by atoms with Crippen molar-refractivity contribution in [2.24, 2.45) is 5.73 Å². The van der Waals surface area contributed by atoms with E-state index >= 15 is 0 Å². The predicted molar refractivity (Wildman–Crippen MR) is 62.4 cm³/mol. The summed E-state index contributed by atoms with van der Waals surface area (Å²) in [6.45, 7) is 7.41. The molecule has 0 radical (unpaired) electrons. The van der Waals surface area contributed by atoms with Crippen LogP contribution in [0, 0.1) is 11.6 Å². The van der Waals surface area contributed by atoms with Crippen LogP contribution >= 0.6 is 0 Å². The van der Waals surface area contributed by atoms with Gasteiger partial charge >= 0.3 is 0 Å². The molecule has 0 spiro atoms. The number of halogens is 2. The van der Waals surface area contributed by atoms with Gasteiger partial charge < -0.3 is 5.73 Å². The summed E-state index contributed by atoms with van der Waals surface area (Å²) in [5.74, 6) is -0.952. The first-order valence-electron chi connectivity index (χ1n) is 5.47. The zero-order valence-corrected chi connectivity index (χ0v) is 10.3. The third kappa shape index (κ3) is 3.27. The number of hydrogen-bond donors (Lipinski definition) is 1. The Morgan fingerprint density at radius 2 is 1.75 bits per heavy atom. The molecule has 3 heteroatoms. The summed E-state index contributed by atoms with van der Waals surface area (Å²) in [6.07, 6.45) is 0.402. The number of rotatable bonds is 3. The number of nitrogens with two attached hydrogens (primary N) is 1. The smallest absolute Gasteiger partial charge is 0.129 e. The molecule has 0 unspecified atom stereocenters. The van der Waals surface area contributed by atoms with Gasteiger partial charge in [-0.25, -0.2) is 8.78 Å². The predicted octanol–water partition coefficient (Wildman–Crippen LogP) is 3.37. The van der Waals surface area contributed by atoms with Crippen molar-refractivity contribution in [3.05, 3.63) is 34.9 Å². The van der Waals surface area contributed by atoms with Crippen LogP contribution in [-0.2, 0) is 6.42 Å². The molecule has 0 aliphatic rings. The van der Waals surface area contributed by atoms with Crippen LogP contribution in [0.15, 0.2) is 12.1 Å². The van der Waals surface area contributed by atoms with Crippen LogP contribution in [0.1, 0.15) is 44.7 Å². The van der Waals surface area contributed by atoms with Crippen LogP contribution in [0.3, 0.4) is 0 Å². The number of hydrogen-bond acceptors (Lipinski definition) is 1. The van der Waals surface area contributed by atoms with E-state index < -0.39 is 17.2 Å². The molecule has 0 atom stereocenters. The van der Waals surface area contributed by atoms with Gasteiger partial charge in [-0.05, 0) is 43.4 Å². The lowest BCUT2D eigenvalue weighted by atomic mass is 9.92. The van der Waals surface area contributed by atoms with Crippen molar-refractivity contribution < 1.29 is 8.78 Å². The first kappa shape index (κ1) is 13.1. The second-order valence-corrected chi connectivity index (χ2v) is 5.29. The van der Waals surface area contributed by atoms with Crippen molar-refractivity contribution in [2.45, 2.75) is 45.6 Å². The third-order valence-corrected chi connectivity index (χ3v) is 2.43. The Bertz CT molecular complexity index is 378. The molecule has 0 saturated heterocycles. The van der Waals surface area contributed by atoms with Crippen LogP contribution in [0.2, 0.25) is 0 Å². The highest BCUT2D eigenvalue weighted by Crippen LogP contribution is 2.24. The first-order chi connectivity index (χ1) is 7.20. The normalized spacial score (nSPS) is 12.2. The Morgan fingerprint density at radius 1 is 1.19 bits per heavy atom. The van der Waals surface area contributed by atoms with Gasteiger partial charge in [-0.2, -0.15) is 0 Å². The van der Waals surface area contributed by atoms with E-state index in [1.165, 1.54) is 0 Å². The lowest BCUT2D eigenvalue weighted by Gasteiger charge is -2.20. The van der Waals surface area contributed by atoms with Crippen molar-refractivity contribution in [3.63, 3.8) is 0 Å². The van der Waals surface area contributed by atoms with E-state index in [1.54, 1.807) is 6.07 Å². The Balaban J connectivity index is 3.15. The van der Waals surface area contributed by atoms with Gasteiger partial charge in [0.25, 0.3) is 0 Å². The minimum absolute atomic E-state index is 0.0419. The van der Waals surface area contributed by atoms with Gasteiger partial charge in [0.15, 0.2) is 0 Å². The highest BCUT2D eigenvalue weighted by atomic mass is 19.1. The molecule has 2 N–H and O–H groups in total. The SMILES string of the molecule is CC(C)c1cc(CC(C)(C)N)c(F)cc1F. The average Bonchev–Trinajstić information content (AvgIpc) is 2.07. The first-order valence-corrected chi connectivity index (χ1v) is 5.47. The van der Waals surface area contributed by atoms with E-state index in [9.17, 15) is 8.78 Å². The van der Waals surface area contributed by atoms with Crippen molar-refractivity contribution >= 4 is 0 Å². The largest absolute Gasteiger partial charge is 0.325 e. The Labute approximate surface area is 95.7 Å². The summed E-state index contributed by atoms with van der Waals surface area (Å²) in [5.41, 5.74) is 6.37. The van der Waals surface area contributed by atoms with Crippen LogP contribution in [0.5, 0.6) is 0 Å². The third-order valence-electron chi connectivity index (χ3n) is 2.43. The van der Waals surface area contributed by atoms with Crippen molar-refractivity contribution in [1.82, 2.24) is 0 Å². The van der Waals surface area contributed by atoms with E-state index in [4.69, 9.17) is 5.73 Å². The van der Waals surface area contributed by atoms with Crippen LogP contribution in [-0.4, -0.2) is 5.54 Å². The molecule has 0 aliphatic heterocycles. The summed E-state index contributed by atoms with van der Waals surface area (Å²) in [4.78, 5) is 0. The van der Waals surface area contributed by atoms with Crippen LogP contribution < -0.4 is 5.73 Å². The van der Waals surface area contributed by atoms with E-state index in [0.29, 0.717) is 17.5 Å². The van der Waals surface area contributed by atoms with E-state index in [-0.39, 0.29) is 5.92 Å². The van der Waals surface area contributed by atoms with E-state index in [1.807, 2.05) is 27.7 Å². The summed E-state index contributed by atoms with van der Waals surface area (Å²) >= 11 is 0. The average molecular weight is 227 g/mol. The fourth-order valence-electron chi connectivity index (χ4n) is 1.68. The molecule has 90 valence electrons. The molecule has 0 bridgehead atoms. The highest BCUT2D eigenvalue weighted by molar-refractivity contribution is 5.29. The van der Waals surface area contributed by atoms with Gasteiger partial charge in [-0.15, -0.1) is 0 Å². The molecular formula is C13H19F2N. The van der Waals surface area contributed by atoms with Crippen molar-refractivity contribution in [2.75, 3.05) is 0 Å². The second-order valence-electron chi connectivity index (χ2n) is 5.29. The Hall–Kier alpha value is -0.960. The highest BCUT2D eigenvalue weighted by Gasteiger charge is 2.18. The fraction of sp³-hybridized carbons (Fsp3) is 0.538. The second kappa shape index (κ2) is 4.50. The summed E-state index contributed by atoms with van der Waals surface area (Å²) in [5, 5.41) is 0. The molecule has 0 saturated carbocycles. The molecule has 0 aliphatic carbocycles. The van der Waals surface area contributed by atoms with Crippen molar-refractivity contribution in [1.29, 1.82) is 0 Å². The van der Waals surface area contributed by atoms with Crippen molar-refractivity contribution in [3.8, 4) is 0 Å². The lowest BCUT2D eigenvalue weighted by Crippen LogP contribution is -2.34. The number of benzene rings is 1. The quantitative estimate of drug-likeness (QED) is 0.841. The summed E-state index contributed by atoms with van der Waals surface area (Å²) < 4.78 is 27.0. The Morgan fingerprint density at radius 3 is 2.19 bits per heavy atom. The van der Waals surface area contributed by atoms with Gasteiger partial charge in [-0.1, -0.05) is 13.8 Å². The van der Waals surface area contributed by atoms with Gasteiger partial charge in [0.1, 0.15) is 11.6 Å². The van der Waals surface area contributed by atoms with E-state index in [2.05, 4.69) is 0 Å². The maximum absolute atomic E-state index is 13.5. The van der Waals surface area contributed by atoms with Gasteiger partial charge in [0.05, 0.1) is 0 Å². The minimum atomic E-state index is -0.513. The zero-order valence-electron chi connectivity index (χ0n) is 10.3. The molecule has 16 heavy (non-hydrogen) atoms. The lowest BCUT2D eigenvalue weighted by molar-refractivity contribution is 0.490. The monoisotopic (exact) mass is 227 g/mol. The maximum Gasteiger partial charge on any atom is 0.129 e. The van der Waals surface area contributed by atoms with E-state index in [0.717, 1.165) is 6.07 Å². The zero-order chi connectivity index (χ0) is 12.5. The molecule has 0 amide bonds. The molecule has 1 rings (SSSR count). The molecular weight excluding hydrogens is 208 g/mol. The van der Waals surface area contributed by atoms with Gasteiger partial charge in [0, 0.05) is 11.6 Å². The minimum Gasteiger partial charge on any atom is -0.325 e. The Kier molecular flexibility index (Phi) is 3.68. The standard InChI is InChI=1S/C13H19F2N/c1-8(2)10-5-9(7-13(3,4)16)11(14)6-12(10)15/h5-6,8H,7,16H2,1-4H3. The molecule has 0 aromatic heterocycles. The molecule has 1 aromatic rings.